The number of nitrogens with zero attached hydrogens (tertiary/aromatic N) is 1. The minimum absolute atomic E-state index is 0.113. The van der Waals surface area contributed by atoms with Crippen LogP contribution in [0, 0.1) is 6.92 Å². The van der Waals surface area contributed by atoms with Gasteiger partial charge in [-0.05, 0) is 69.3 Å². The molecule has 1 N–H and O–H groups in total. The lowest BCUT2D eigenvalue weighted by Crippen LogP contribution is -2.29. The lowest BCUT2D eigenvalue weighted by atomic mass is 9.99. The fourth-order valence-corrected chi connectivity index (χ4v) is 3.92. The molecule has 0 radical (unpaired) electrons. The molecule has 1 amide bonds. The van der Waals surface area contributed by atoms with E-state index in [4.69, 9.17) is 9.15 Å². The number of benzene rings is 2. The van der Waals surface area contributed by atoms with Gasteiger partial charge in [0.15, 0.2) is 0 Å². The van der Waals surface area contributed by atoms with Crippen LogP contribution in [0.5, 0.6) is 11.5 Å². The van der Waals surface area contributed by atoms with Crippen LogP contribution in [-0.2, 0) is 9.59 Å². The first kappa shape index (κ1) is 24.9. The summed E-state index contributed by atoms with van der Waals surface area (Å²) in [5.41, 5.74) is 0.127. The molecule has 7 nitrogen and oxygen atoms in total. The summed E-state index contributed by atoms with van der Waals surface area (Å²) < 4.78 is 52.9. The third kappa shape index (κ3) is 5.07. The van der Waals surface area contributed by atoms with Crippen molar-refractivity contribution in [1.29, 1.82) is 0 Å². The molecule has 1 aliphatic rings. The van der Waals surface area contributed by atoms with Crippen molar-refractivity contribution >= 4 is 23.1 Å². The number of aryl methyl sites for hydroxylation is 1. The minimum Gasteiger partial charge on any atom is -0.507 e. The van der Waals surface area contributed by atoms with Gasteiger partial charge in [0.05, 0.1) is 11.7 Å². The molecule has 0 aliphatic carbocycles. The Morgan fingerprint density at radius 2 is 1.72 bits per heavy atom. The van der Waals surface area contributed by atoms with E-state index in [0.717, 1.165) is 17.0 Å². The molecule has 2 aromatic carbocycles. The van der Waals surface area contributed by atoms with E-state index < -0.39 is 35.6 Å². The molecular formula is C26H22F3NO6. The minimum atomic E-state index is -4.88. The fraction of sp³-hybridized carbons (Fsp3) is 0.231. The Hall–Kier alpha value is -4.21. The number of amides is 1. The molecule has 1 fully saturated rings. The Morgan fingerprint density at radius 3 is 2.31 bits per heavy atom. The molecule has 10 heteroatoms. The number of ketones is 1. The first-order chi connectivity index (χ1) is 16.9. The summed E-state index contributed by atoms with van der Waals surface area (Å²) in [6, 6.07) is 12.9. The van der Waals surface area contributed by atoms with Crippen LogP contribution in [0.3, 0.4) is 0 Å². The van der Waals surface area contributed by atoms with Crippen LogP contribution in [0.25, 0.3) is 5.76 Å². The molecule has 1 atom stereocenters. The van der Waals surface area contributed by atoms with E-state index in [1.807, 2.05) is 13.8 Å². The zero-order valence-electron chi connectivity index (χ0n) is 19.5. The Kier molecular flexibility index (Phi) is 6.53. The van der Waals surface area contributed by atoms with Crippen molar-refractivity contribution in [2.75, 3.05) is 4.90 Å². The van der Waals surface area contributed by atoms with Crippen LogP contribution in [0.1, 0.15) is 37.0 Å². The Balaban J connectivity index is 1.82. The smallest absolute Gasteiger partial charge is 0.507 e. The van der Waals surface area contributed by atoms with Gasteiger partial charge in [0.2, 0.25) is 0 Å². The highest BCUT2D eigenvalue weighted by molar-refractivity contribution is 6.51. The highest BCUT2D eigenvalue weighted by atomic mass is 19.4. The lowest BCUT2D eigenvalue weighted by Gasteiger charge is -2.23. The van der Waals surface area contributed by atoms with Gasteiger partial charge in [-0.25, -0.2) is 0 Å². The molecular weight excluding hydrogens is 479 g/mol. The van der Waals surface area contributed by atoms with Gasteiger partial charge in [0.25, 0.3) is 11.7 Å². The zero-order chi connectivity index (χ0) is 26.2. The number of anilines is 1. The van der Waals surface area contributed by atoms with Crippen molar-refractivity contribution < 1.29 is 41.8 Å². The lowest BCUT2D eigenvalue weighted by molar-refractivity contribution is -0.274. The predicted molar refractivity (Wildman–Crippen MR) is 124 cm³/mol. The molecule has 0 saturated carbocycles. The number of carbonyl (C=O) groups excluding carboxylic acids is 2. The highest BCUT2D eigenvalue weighted by Crippen LogP contribution is 2.43. The van der Waals surface area contributed by atoms with Crippen molar-refractivity contribution in [3.05, 3.63) is 83.3 Å². The fourth-order valence-electron chi connectivity index (χ4n) is 3.92. The summed E-state index contributed by atoms with van der Waals surface area (Å²) in [6.45, 7) is 5.34. The first-order valence-electron chi connectivity index (χ1n) is 10.9. The molecule has 0 bridgehead atoms. The number of rotatable bonds is 6. The number of Topliss-reactive ketones (excluding diaryl/α,β-unsaturated/α-hetero) is 1. The van der Waals surface area contributed by atoms with Crippen molar-refractivity contribution in [3.8, 4) is 11.5 Å². The second-order valence-corrected chi connectivity index (χ2v) is 8.35. The summed E-state index contributed by atoms with van der Waals surface area (Å²) in [6.07, 6.45) is -5.02. The van der Waals surface area contributed by atoms with Gasteiger partial charge < -0.3 is 19.0 Å². The first-order valence-corrected chi connectivity index (χ1v) is 10.9. The van der Waals surface area contributed by atoms with E-state index in [-0.39, 0.29) is 28.7 Å². The third-order valence-electron chi connectivity index (χ3n) is 5.30. The maximum Gasteiger partial charge on any atom is 0.573 e. The van der Waals surface area contributed by atoms with Gasteiger partial charge in [-0.2, -0.15) is 0 Å². The Bertz CT molecular complexity index is 1320. The SMILES string of the molecule is Cc1ccc(C2/C(=C(/O)c3cccc(OC(C)C)c3)C(=O)C(=O)N2c2ccc(OC(F)(F)F)cc2)o1. The molecule has 188 valence electrons. The van der Waals surface area contributed by atoms with Gasteiger partial charge in [-0.15, -0.1) is 13.2 Å². The maximum atomic E-state index is 13.2. The topological polar surface area (TPSA) is 89.2 Å². The molecule has 3 aromatic rings. The van der Waals surface area contributed by atoms with Crippen LogP contribution in [0.4, 0.5) is 18.9 Å². The molecule has 1 saturated heterocycles. The standard InChI is InChI=1S/C26H22F3NO6/c1-14(2)34-19-6-4-5-16(13-19)23(31)21-22(20-12-7-15(3)35-20)30(25(33)24(21)32)17-8-10-18(11-9-17)36-26(27,28)29/h4-14,22,31H,1-3H3/b23-21-. The molecule has 0 spiro atoms. The van der Waals surface area contributed by atoms with Crippen molar-refractivity contribution in [2.45, 2.75) is 39.3 Å². The van der Waals surface area contributed by atoms with Gasteiger partial charge in [0, 0.05) is 11.3 Å². The van der Waals surface area contributed by atoms with Crippen LogP contribution in [0.2, 0.25) is 0 Å². The van der Waals surface area contributed by atoms with E-state index in [1.54, 1.807) is 37.3 Å². The van der Waals surface area contributed by atoms with Crippen molar-refractivity contribution in [2.24, 2.45) is 0 Å². The number of hydrogen-bond donors (Lipinski definition) is 1. The number of carbonyl (C=O) groups is 2. The third-order valence-corrected chi connectivity index (χ3v) is 5.30. The number of furan rings is 1. The molecule has 2 heterocycles. The monoisotopic (exact) mass is 501 g/mol. The van der Waals surface area contributed by atoms with Gasteiger partial charge in [0.1, 0.15) is 34.8 Å². The average molecular weight is 501 g/mol. The molecule has 36 heavy (non-hydrogen) atoms. The summed E-state index contributed by atoms with van der Waals surface area (Å²) in [4.78, 5) is 27.3. The summed E-state index contributed by atoms with van der Waals surface area (Å²) in [5.74, 6) is -1.74. The van der Waals surface area contributed by atoms with Crippen molar-refractivity contribution in [1.82, 2.24) is 0 Å². The normalized spacial score (nSPS) is 17.6. The summed E-state index contributed by atoms with van der Waals surface area (Å²) in [5, 5.41) is 11.2. The van der Waals surface area contributed by atoms with Crippen molar-refractivity contribution in [3.63, 3.8) is 0 Å². The second kappa shape index (κ2) is 9.44. The zero-order valence-corrected chi connectivity index (χ0v) is 19.5. The van der Waals surface area contributed by atoms with Crippen LogP contribution in [-0.4, -0.2) is 29.3 Å². The molecule has 1 unspecified atom stereocenters. The molecule has 1 aliphatic heterocycles. The van der Waals surface area contributed by atoms with Gasteiger partial charge in [-0.1, -0.05) is 12.1 Å². The quantitative estimate of drug-likeness (QED) is 0.257. The van der Waals surface area contributed by atoms with E-state index in [0.29, 0.717) is 11.5 Å². The Labute approximate surface area is 204 Å². The van der Waals surface area contributed by atoms with Crippen LogP contribution < -0.4 is 14.4 Å². The van der Waals surface area contributed by atoms with E-state index in [1.165, 1.54) is 18.2 Å². The van der Waals surface area contributed by atoms with Gasteiger partial charge >= 0.3 is 6.36 Å². The number of aliphatic hydroxyl groups is 1. The highest BCUT2D eigenvalue weighted by Gasteiger charge is 2.48. The average Bonchev–Trinajstić information content (AvgIpc) is 3.33. The van der Waals surface area contributed by atoms with Crippen LogP contribution in [0.15, 0.2) is 70.7 Å². The maximum absolute atomic E-state index is 13.2. The summed E-state index contributed by atoms with van der Waals surface area (Å²) >= 11 is 0. The Morgan fingerprint density at radius 1 is 1.03 bits per heavy atom. The second-order valence-electron chi connectivity index (χ2n) is 8.35. The molecule has 4 rings (SSSR count). The van der Waals surface area contributed by atoms with E-state index in [9.17, 15) is 27.9 Å². The van der Waals surface area contributed by atoms with E-state index >= 15 is 0 Å². The van der Waals surface area contributed by atoms with Gasteiger partial charge in [-0.3, -0.25) is 14.5 Å². The predicted octanol–water partition coefficient (Wildman–Crippen LogP) is 5.90. The number of halogens is 3. The summed E-state index contributed by atoms with van der Waals surface area (Å²) in [7, 11) is 0. The number of ether oxygens (including phenoxy) is 2. The largest absolute Gasteiger partial charge is 0.573 e. The number of aliphatic hydroxyl groups excluding tert-OH is 1. The number of alkyl halides is 3. The van der Waals surface area contributed by atoms with E-state index in [2.05, 4.69) is 4.74 Å². The number of hydrogen-bond acceptors (Lipinski definition) is 6. The van der Waals surface area contributed by atoms with Crippen LogP contribution >= 0.6 is 0 Å². The molecule has 1 aromatic heterocycles.